The van der Waals surface area contributed by atoms with Crippen molar-refractivity contribution in [3.8, 4) is 0 Å². The number of hydrogen-bond donors (Lipinski definition) is 2. The van der Waals surface area contributed by atoms with Crippen molar-refractivity contribution in [3.05, 3.63) is 65.0 Å². The summed E-state index contributed by atoms with van der Waals surface area (Å²) in [7, 11) is 0. The Morgan fingerprint density at radius 3 is 2.38 bits per heavy atom. The molecule has 0 unspecified atom stereocenters. The van der Waals surface area contributed by atoms with Crippen LogP contribution in [0.1, 0.15) is 21.5 Å². The van der Waals surface area contributed by atoms with Crippen LogP contribution in [-0.4, -0.2) is 11.0 Å². The van der Waals surface area contributed by atoms with Gasteiger partial charge in [0.1, 0.15) is 5.82 Å². The number of anilines is 1. The third kappa shape index (κ3) is 4.10. The van der Waals surface area contributed by atoms with Gasteiger partial charge in [-0.05, 0) is 62.0 Å². The largest absolute Gasteiger partial charge is 0.332 e. The van der Waals surface area contributed by atoms with Crippen LogP contribution in [0.15, 0.2) is 42.5 Å². The molecule has 21 heavy (non-hydrogen) atoms. The van der Waals surface area contributed by atoms with Gasteiger partial charge in [-0.3, -0.25) is 10.1 Å². The summed E-state index contributed by atoms with van der Waals surface area (Å²) in [5.41, 5.74) is 3.17. The van der Waals surface area contributed by atoms with E-state index in [-0.39, 0.29) is 16.8 Å². The number of nitrogens with one attached hydrogen (secondary N) is 2. The first-order valence-corrected chi connectivity index (χ1v) is 6.81. The van der Waals surface area contributed by atoms with Gasteiger partial charge in [0.05, 0.1) is 0 Å². The van der Waals surface area contributed by atoms with Crippen LogP contribution >= 0.6 is 12.2 Å². The number of carbonyl (C=O) groups is 1. The van der Waals surface area contributed by atoms with Gasteiger partial charge in [-0.1, -0.05) is 17.7 Å². The molecular formula is C16H15FN2OS. The van der Waals surface area contributed by atoms with Crippen molar-refractivity contribution < 1.29 is 9.18 Å². The minimum Gasteiger partial charge on any atom is -0.332 e. The van der Waals surface area contributed by atoms with Crippen LogP contribution in [0.3, 0.4) is 0 Å². The van der Waals surface area contributed by atoms with Gasteiger partial charge in [-0.15, -0.1) is 0 Å². The second kappa shape index (κ2) is 6.45. The number of halogens is 1. The van der Waals surface area contributed by atoms with Crippen molar-refractivity contribution in [1.29, 1.82) is 0 Å². The summed E-state index contributed by atoms with van der Waals surface area (Å²) >= 11 is 5.08. The molecule has 0 aliphatic rings. The number of carbonyl (C=O) groups excluding carboxylic acids is 1. The Hall–Kier alpha value is -2.27. The molecule has 1 amide bonds. The van der Waals surface area contributed by atoms with E-state index in [9.17, 15) is 9.18 Å². The summed E-state index contributed by atoms with van der Waals surface area (Å²) in [6, 6.07) is 11.3. The lowest BCUT2D eigenvalue weighted by Crippen LogP contribution is -2.34. The molecule has 0 aliphatic heterocycles. The van der Waals surface area contributed by atoms with Crippen molar-refractivity contribution in [2.24, 2.45) is 0 Å². The minimum absolute atomic E-state index is 0.173. The molecule has 2 aromatic carbocycles. The van der Waals surface area contributed by atoms with Gasteiger partial charge in [0, 0.05) is 11.3 Å². The Morgan fingerprint density at radius 1 is 1.10 bits per heavy atom. The van der Waals surface area contributed by atoms with Crippen LogP contribution in [0, 0.1) is 19.7 Å². The molecule has 0 aliphatic carbocycles. The van der Waals surface area contributed by atoms with E-state index in [2.05, 4.69) is 10.6 Å². The highest BCUT2D eigenvalue weighted by molar-refractivity contribution is 7.80. The van der Waals surface area contributed by atoms with Crippen LogP contribution in [-0.2, 0) is 0 Å². The summed E-state index contributed by atoms with van der Waals surface area (Å²) in [4.78, 5) is 12.1. The third-order valence-electron chi connectivity index (χ3n) is 2.96. The molecular weight excluding hydrogens is 287 g/mol. The molecule has 5 heteroatoms. The SMILES string of the molecule is Cc1ccc(C(=O)NC(=S)Nc2ccc(F)cc2)c(C)c1. The molecule has 2 rings (SSSR count). The Morgan fingerprint density at radius 2 is 1.76 bits per heavy atom. The molecule has 0 saturated heterocycles. The van der Waals surface area contributed by atoms with Crippen LogP contribution in [0.25, 0.3) is 0 Å². The monoisotopic (exact) mass is 302 g/mol. The number of benzene rings is 2. The number of amides is 1. The molecule has 0 heterocycles. The quantitative estimate of drug-likeness (QED) is 0.833. The third-order valence-corrected chi connectivity index (χ3v) is 3.16. The van der Waals surface area contributed by atoms with Crippen LogP contribution in [0.4, 0.5) is 10.1 Å². The maximum atomic E-state index is 12.8. The minimum atomic E-state index is -0.328. The van der Waals surface area contributed by atoms with Gasteiger partial charge in [-0.2, -0.15) is 0 Å². The predicted molar refractivity (Wildman–Crippen MR) is 86.0 cm³/mol. The molecule has 0 bridgehead atoms. The smallest absolute Gasteiger partial charge is 0.257 e. The zero-order valence-corrected chi connectivity index (χ0v) is 12.6. The van der Waals surface area contributed by atoms with Crippen molar-refractivity contribution in [1.82, 2.24) is 5.32 Å². The Bertz CT molecular complexity index is 683. The number of hydrogen-bond acceptors (Lipinski definition) is 2. The lowest BCUT2D eigenvalue weighted by Gasteiger charge is -2.11. The first-order chi connectivity index (χ1) is 9.95. The molecule has 0 radical (unpaired) electrons. The molecule has 3 nitrogen and oxygen atoms in total. The van der Waals surface area contributed by atoms with Crippen molar-refractivity contribution in [2.75, 3.05) is 5.32 Å². The molecule has 0 spiro atoms. The summed E-state index contributed by atoms with van der Waals surface area (Å²) < 4.78 is 12.8. The average molecular weight is 302 g/mol. The molecule has 0 aromatic heterocycles. The summed E-state index contributed by atoms with van der Waals surface area (Å²) in [6.07, 6.45) is 0. The highest BCUT2D eigenvalue weighted by Gasteiger charge is 2.10. The Kier molecular flexibility index (Phi) is 4.65. The molecule has 2 aromatic rings. The summed E-state index contributed by atoms with van der Waals surface area (Å²) in [5.74, 6) is -0.599. The summed E-state index contributed by atoms with van der Waals surface area (Å²) in [6.45, 7) is 3.84. The number of thiocarbonyl (C=S) groups is 1. The second-order valence-electron chi connectivity index (χ2n) is 4.73. The van der Waals surface area contributed by atoms with Gasteiger partial charge in [-0.25, -0.2) is 4.39 Å². The van der Waals surface area contributed by atoms with Gasteiger partial charge < -0.3 is 5.32 Å². The highest BCUT2D eigenvalue weighted by Crippen LogP contribution is 2.11. The molecule has 0 fully saturated rings. The average Bonchev–Trinajstić information content (AvgIpc) is 2.41. The van der Waals surface area contributed by atoms with Gasteiger partial charge in [0.2, 0.25) is 0 Å². The first kappa shape index (κ1) is 15.1. The maximum Gasteiger partial charge on any atom is 0.257 e. The van der Waals surface area contributed by atoms with Crippen LogP contribution < -0.4 is 10.6 Å². The van der Waals surface area contributed by atoms with E-state index in [0.29, 0.717) is 11.3 Å². The van der Waals surface area contributed by atoms with Crippen LogP contribution in [0.5, 0.6) is 0 Å². The van der Waals surface area contributed by atoms with E-state index < -0.39 is 0 Å². The molecule has 0 saturated carbocycles. The van der Waals surface area contributed by atoms with E-state index in [0.717, 1.165) is 11.1 Å². The highest BCUT2D eigenvalue weighted by atomic mass is 32.1. The fourth-order valence-electron chi connectivity index (χ4n) is 1.93. The van der Waals surface area contributed by atoms with E-state index in [1.165, 1.54) is 12.1 Å². The zero-order valence-electron chi connectivity index (χ0n) is 11.7. The molecule has 2 N–H and O–H groups in total. The normalized spacial score (nSPS) is 10.0. The van der Waals surface area contributed by atoms with E-state index in [1.54, 1.807) is 18.2 Å². The van der Waals surface area contributed by atoms with Crippen molar-refractivity contribution in [3.63, 3.8) is 0 Å². The van der Waals surface area contributed by atoms with Gasteiger partial charge >= 0.3 is 0 Å². The fraction of sp³-hybridized carbons (Fsp3) is 0.125. The summed E-state index contributed by atoms with van der Waals surface area (Å²) in [5, 5.41) is 5.61. The first-order valence-electron chi connectivity index (χ1n) is 6.41. The standard InChI is InChI=1S/C16H15FN2OS/c1-10-3-8-14(11(2)9-10)15(20)19-16(21)18-13-6-4-12(17)5-7-13/h3-9H,1-2H3,(H2,18,19,20,21). The van der Waals surface area contributed by atoms with Gasteiger partial charge in [0.25, 0.3) is 5.91 Å². The fourth-order valence-corrected chi connectivity index (χ4v) is 2.14. The molecule has 108 valence electrons. The maximum absolute atomic E-state index is 12.8. The van der Waals surface area contributed by atoms with E-state index >= 15 is 0 Å². The van der Waals surface area contributed by atoms with Crippen LogP contribution in [0.2, 0.25) is 0 Å². The predicted octanol–water partition coefficient (Wildman–Crippen LogP) is 3.57. The van der Waals surface area contributed by atoms with E-state index in [1.807, 2.05) is 26.0 Å². The lowest BCUT2D eigenvalue weighted by molar-refractivity contribution is 0.0977. The topological polar surface area (TPSA) is 41.1 Å². The van der Waals surface area contributed by atoms with Crippen molar-refractivity contribution >= 4 is 28.9 Å². The van der Waals surface area contributed by atoms with E-state index in [4.69, 9.17) is 12.2 Å². The lowest BCUT2D eigenvalue weighted by atomic mass is 10.1. The Balaban J connectivity index is 2.02. The second-order valence-corrected chi connectivity index (χ2v) is 5.14. The van der Waals surface area contributed by atoms with Crippen molar-refractivity contribution in [2.45, 2.75) is 13.8 Å². The molecule has 0 atom stereocenters. The van der Waals surface area contributed by atoms with Gasteiger partial charge in [0.15, 0.2) is 5.11 Å². The number of rotatable bonds is 2. The Labute approximate surface area is 128 Å². The number of aryl methyl sites for hydroxylation is 2. The zero-order chi connectivity index (χ0) is 15.4.